The molecule has 3 rings (SSSR count). The number of aliphatic hydroxyl groups is 1. The Bertz CT molecular complexity index is 717. The maximum atomic E-state index is 14.5. The molecular formula is C26H44NO4P. The molecule has 5 nitrogen and oxygen atoms in total. The van der Waals surface area contributed by atoms with Gasteiger partial charge in [0.2, 0.25) is 0 Å². The predicted octanol–water partition coefficient (Wildman–Crippen LogP) is 7.22. The van der Waals surface area contributed by atoms with E-state index in [9.17, 15) is 9.67 Å². The van der Waals surface area contributed by atoms with Crippen molar-refractivity contribution < 1.29 is 18.7 Å². The minimum absolute atomic E-state index is 0.172. The summed E-state index contributed by atoms with van der Waals surface area (Å²) in [6.07, 6.45) is 9.01. The third kappa shape index (κ3) is 6.23. The molecule has 1 N–H and O–H groups in total. The average Bonchev–Trinajstić information content (AvgIpc) is 2.73. The molecule has 0 amide bonds. The highest BCUT2D eigenvalue weighted by Gasteiger charge is 2.46. The molecule has 32 heavy (non-hydrogen) atoms. The van der Waals surface area contributed by atoms with Crippen molar-refractivity contribution in [3.05, 3.63) is 30.1 Å². The quantitative estimate of drug-likeness (QED) is 0.410. The van der Waals surface area contributed by atoms with Crippen LogP contribution in [0.4, 0.5) is 0 Å². The largest absolute Gasteiger partial charge is 0.376 e. The van der Waals surface area contributed by atoms with Crippen LogP contribution in [0.5, 0.6) is 0 Å². The Morgan fingerprint density at radius 2 is 1.44 bits per heavy atom. The van der Waals surface area contributed by atoms with Crippen LogP contribution in [0.15, 0.2) is 24.5 Å². The topological polar surface area (TPSA) is 68.7 Å². The fourth-order valence-electron chi connectivity index (χ4n) is 5.70. The first kappa shape index (κ1) is 25.9. The second-order valence-corrected chi connectivity index (χ2v) is 13.1. The number of aromatic nitrogens is 1. The highest BCUT2D eigenvalue weighted by molar-refractivity contribution is 7.54. The van der Waals surface area contributed by atoms with Crippen molar-refractivity contribution >= 4 is 7.60 Å². The van der Waals surface area contributed by atoms with Gasteiger partial charge < -0.3 is 14.2 Å². The molecule has 6 heteroatoms. The molecule has 2 fully saturated rings. The summed E-state index contributed by atoms with van der Waals surface area (Å²) in [5.74, 6) is 1.18. The standard InChI is InChI=1S/C26H44NO4P/c1-17(2)22-11-9-19(5)14-24(22)30-32(29,26(28)21-8-7-13-27-16-21)31-25-15-20(6)10-12-23(25)18(3)4/h7-8,13,16-20,22-26,28H,9-12,14-15H2,1-6H3/t19-,20+,22-,23-,24-,25-,26+,32?/m1/s1. The van der Waals surface area contributed by atoms with Crippen molar-refractivity contribution in [1.82, 2.24) is 4.98 Å². The Morgan fingerprint density at radius 3 is 1.84 bits per heavy atom. The Kier molecular flexibility index (Phi) is 8.99. The Labute approximate surface area is 195 Å². The summed E-state index contributed by atoms with van der Waals surface area (Å²) < 4.78 is 27.4. The first-order chi connectivity index (χ1) is 15.1. The molecule has 0 spiro atoms. The number of rotatable bonds is 8. The third-order valence-corrected chi connectivity index (χ3v) is 9.80. The molecule has 0 aliphatic heterocycles. The van der Waals surface area contributed by atoms with Crippen LogP contribution >= 0.6 is 7.60 Å². The molecule has 8 atom stereocenters. The van der Waals surface area contributed by atoms with E-state index < -0.39 is 13.4 Å². The zero-order chi connectivity index (χ0) is 23.5. The van der Waals surface area contributed by atoms with Crippen LogP contribution in [0.1, 0.15) is 91.5 Å². The van der Waals surface area contributed by atoms with Gasteiger partial charge in [0.15, 0.2) is 5.85 Å². The lowest BCUT2D eigenvalue weighted by atomic mass is 9.75. The van der Waals surface area contributed by atoms with Gasteiger partial charge in [-0.2, -0.15) is 0 Å². The highest BCUT2D eigenvalue weighted by Crippen LogP contribution is 2.64. The van der Waals surface area contributed by atoms with Crippen molar-refractivity contribution in [3.63, 3.8) is 0 Å². The maximum absolute atomic E-state index is 14.5. The number of pyridine rings is 1. The molecule has 0 bridgehead atoms. The lowest BCUT2D eigenvalue weighted by molar-refractivity contribution is -0.0154. The highest BCUT2D eigenvalue weighted by atomic mass is 31.2. The first-order valence-corrected chi connectivity index (χ1v) is 14.3. The van der Waals surface area contributed by atoms with Gasteiger partial charge in [0, 0.05) is 18.0 Å². The number of hydrogen-bond donors (Lipinski definition) is 1. The van der Waals surface area contributed by atoms with Gasteiger partial charge >= 0.3 is 7.60 Å². The lowest BCUT2D eigenvalue weighted by Crippen LogP contribution is -2.37. The number of nitrogens with zero attached hydrogens (tertiary/aromatic N) is 1. The Hall–Kier alpha value is -0.740. The van der Waals surface area contributed by atoms with Gasteiger partial charge in [0.1, 0.15) is 0 Å². The summed E-state index contributed by atoms with van der Waals surface area (Å²) >= 11 is 0. The Morgan fingerprint density at radius 1 is 0.938 bits per heavy atom. The van der Waals surface area contributed by atoms with Gasteiger partial charge in [0.05, 0.1) is 12.2 Å². The predicted molar refractivity (Wildman–Crippen MR) is 129 cm³/mol. The van der Waals surface area contributed by atoms with E-state index in [2.05, 4.69) is 46.5 Å². The molecule has 1 heterocycles. The molecule has 1 unspecified atom stereocenters. The number of aliphatic hydroxyl groups excluding tert-OH is 1. The first-order valence-electron chi connectivity index (χ1n) is 12.6. The average molecular weight is 466 g/mol. The van der Waals surface area contributed by atoms with Crippen LogP contribution in [0.2, 0.25) is 0 Å². The van der Waals surface area contributed by atoms with Gasteiger partial charge in [-0.15, -0.1) is 0 Å². The summed E-state index contributed by atoms with van der Waals surface area (Å²) in [6.45, 7) is 13.3. The van der Waals surface area contributed by atoms with E-state index in [1.807, 2.05) is 0 Å². The zero-order valence-electron chi connectivity index (χ0n) is 20.8. The summed E-state index contributed by atoms with van der Waals surface area (Å²) in [6, 6.07) is 3.51. The molecule has 2 saturated carbocycles. The Balaban J connectivity index is 1.92. The molecule has 1 aromatic rings. The lowest BCUT2D eigenvalue weighted by Gasteiger charge is -2.42. The smallest absolute Gasteiger partial charge is 0.364 e. The molecule has 1 aromatic heterocycles. The van der Waals surface area contributed by atoms with Crippen LogP contribution in [0.25, 0.3) is 0 Å². The van der Waals surface area contributed by atoms with Gasteiger partial charge in [-0.05, 0) is 67.3 Å². The number of hydrogen-bond acceptors (Lipinski definition) is 5. The summed E-state index contributed by atoms with van der Waals surface area (Å²) in [7, 11) is -3.86. The molecule has 0 aromatic carbocycles. The van der Waals surface area contributed by atoms with Crippen LogP contribution in [0.3, 0.4) is 0 Å². The minimum Gasteiger partial charge on any atom is -0.376 e. The monoisotopic (exact) mass is 465 g/mol. The molecule has 2 aliphatic rings. The van der Waals surface area contributed by atoms with Crippen molar-refractivity contribution in [3.8, 4) is 0 Å². The molecular weight excluding hydrogens is 421 g/mol. The molecule has 0 saturated heterocycles. The molecule has 182 valence electrons. The van der Waals surface area contributed by atoms with E-state index in [0.717, 1.165) is 38.5 Å². The van der Waals surface area contributed by atoms with E-state index in [1.165, 1.54) is 0 Å². The third-order valence-electron chi connectivity index (χ3n) is 7.77. The van der Waals surface area contributed by atoms with E-state index in [1.54, 1.807) is 24.5 Å². The van der Waals surface area contributed by atoms with Crippen LogP contribution < -0.4 is 0 Å². The van der Waals surface area contributed by atoms with Crippen molar-refractivity contribution in [2.24, 2.45) is 35.5 Å². The van der Waals surface area contributed by atoms with Crippen molar-refractivity contribution in [1.29, 1.82) is 0 Å². The van der Waals surface area contributed by atoms with Crippen LogP contribution in [0, 0.1) is 35.5 Å². The van der Waals surface area contributed by atoms with Gasteiger partial charge in [0.25, 0.3) is 0 Å². The minimum atomic E-state index is -3.86. The SMILES string of the molecule is CC(C)[C@H]1CC[C@@H](C)C[C@H]1OP(=O)(O[C@@H]1C[C@@H](C)CC[C@@H]1C(C)C)[C@H](O)c1cccnc1. The van der Waals surface area contributed by atoms with Gasteiger partial charge in [-0.1, -0.05) is 60.5 Å². The van der Waals surface area contributed by atoms with Crippen LogP contribution in [-0.4, -0.2) is 22.3 Å². The van der Waals surface area contributed by atoms with Gasteiger partial charge in [-0.25, -0.2) is 0 Å². The normalized spacial score (nSPS) is 34.4. The van der Waals surface area contributed by atoms with Gasteiger partial charge in [-0.3, -0.25) is 9.55 Å². The van der Waals surface area contributed by atoms with E-state index in [4.69, 9.17) is 9.05 Å². The maximum Gasteiger partial charge on any atom is 0.364 e. The zero-order valence-corrected chi connectivity index (χ0v) is 21.7. The summed E-state index contributed by atoms with van der Waals surface area (Å²) in [5, 5.41) is 11.3. The second-order valence-electron chi connectivity index (χ2n) is 11.1. The van der Waals surface area contributed by atoms with Crippen LogP contribution in [-0.2, 0) is 13.6 Å². The summed E-state index contributed by atoms with van der Waals surface area (Å²) in [4.78, 5) is 4.13. The fourth-order valence-corrected chi connectivity index (χ4v) is 7.74. The van der Waals surface area contributed by atoms with E-state index in [0.29, 0.717) is 41.1 Å². The van der Waals surface area contributed by atoms with Crippen molar-refractivity contribution in [2.45, 2.75) is 98.1 Å². The molecule has 2 aliphatic carbocycles. The molecule has 0 radical (unpaired) electrons. The summed E-state index contributed by atoms with van der Waals surface area (Å²) in [5.41, 5.74) is 0.491. The van der Waals surface area contributed by atoms with E-state index >= 15 is 0 Å². The second kappa shape index (κ2) is 11.1. The van der Waals surface area contributed by atoms with E-state index in [-0.39, 0.29) is 12.2 Å². The fraction of sp³-hybridized carbons (Fsp3) is 0.808. The van der Waals surface area contributed by atoms with Crippen molar-refractivity contribution in [2.75, 3.05) is 0 Å².